The van der Waals surface area contributed by atoms with Crippen LogP contribution in [0, 0.1) is 6.92 Å². The third-order valence-electron chi connectivity index (χ3n) is 2.07. The summed E-state index contributed by atoms with van der Waals surface area (Å²) in [5, 5.41) is 6.53. The summed E-state index contributed by atoms with van der Waals surface area (Å²) in [7, 11) is 0. The molecule has 1 amide bonds. The van der Waals surface area contributed by atoms with Crippen LogP contribution in [0.25, 0.3) is 0 Å². The van der Waals surface area contributed by atoms with Crippen molar-refractivity contribution < 1.29 is 4.79 Å². The molecule has 2 rings (SSSR count). The van der Waals surface area contributed by atoms with Gasteiger partial charge in [-0.3, -0.25) is 4.79 Å². The molecule has 2 heterocycles. The average molecular weight is 297 g/mol. The maximum absolute atomic E-state index is 11.8. The third kappa shape index (κ3) is 2.48. The van der Waals surface area contributed by atoms with E-state index < -0.39 is 0 Å². The van der Waals surface area contributed by atoms with Crippen molar-refractivity contribution in [1.82, 2.24) is 4.98 Å². The van der Waals surface area contributed by atoms with Gasteiger partial charge in [0.2, 0.25) is 0 Å². The normalized spacial score (nSPS) is 10.1. The lowest BCUT2D eigenvalue weighted by Crippen LogP contribution is -2.12. The van der Waals surface area contributed by atoms with E-state index >= 15 is 0 Å². The van der Waals surface area contributed by atoms with E-state index in [4.69, 9.17) is 0 Å². The fourth-order valence-electron chi connectivity index (χ4n) is 1.23. The van der Waals surface area contributed by atoms with E-state index in [0.717, 1.165) is 10.0 Å². The number of rotatable bonds is 2. The summed E-state index contributed by atoms with van der Waals surface area (Å²) in [6.45, 7) is 1.92. The monoisotopic (exact) mass is 296 g/mol. The van der Waals surface area contributed by atoms with Gasteiger partial charge in [0.1, 0.15) is 5.82 Å². The molecule has 2 aromatic heterocycles. The number of hydrogen-bond donors (Lipinski definition) is 1. The van der Waals surface area contributed by atoms with Gasteiger partial charge < -0.3 is 5.32 Å². The molecule has 2 aromatic rings. The molecular formula is C11H9BrN2OS. The molecule has 0 aromatic carbocycles. The number of halogens is 1. The zero-order valence-corrected chi connectivity index (χ0v) is 10.9. The Bertz CT molecular complexity index is 507. The van der Waals surface area contributed by atoms with Gasteiger partial charge in [0.25, 0.3) is 5.91 Å². The zero-order chi connectivity index (χ0) is 11.5. The molecule has 0 aliphatic heterocycles. The molecule has 3 nitrogen and oxygen atoms in total. The van der Waals surface area contributed by atoms with Crippen molar-refractivity contribution in [1.29, 1.82) is 0 Å². The van der Waals surface area contributed by atoms with E-state index in [0.29, 0.717) is 11.4 Å². The van der Waals surface area contributed by atoms with E-state index in [1.54, 1.807) is 12.3 Å². The molecule has 0 saturated heterocycles. The predicted molar refractivity (Wildman–Crippen MR) is 68.9 cm³/mol. The third-order valence-corrected chi connectivity index (χ3v) is 3.40. The van der Waals surface area contributed by atoms with Crippen LogP contribution in [0.2, 0.25) is 0 Å². The van der Waals surface area contributed by atoms with Gasteiger partial charge in [0.15, 0.2) is 0 Å². The fourth-order valence-corrected chi connectivity index (χ4v) is 2.29. The lowest BCUT2D eigenvalue weighted by atomic mass is 10.2. The van der Waals surface area contributed by atoms with Crippen LogP contribution < -0.4 is 5.32 Å². The van der Waals surface area contributed by atoms with Crippen LogP contribution >= 0.6 is 27.3 Å². The second kappa shape index (κ2) is 4.76. The minimum Gasteiger partial charge on any atom is -0.307 e. The van der Waals surface area contributed by atoms with Crippen molar-refractivity contribution in [3.63, 3.8) is 0 Å². The van der Waals surface area contributed by atoms with Crippen LogP contribution in [0.3, 0.4) is 0 Å². The number of carbonyl (C=O) groups excluding carboxylic acids is 1. The number of nitrogens with one attached hydrogen (secondary N) is 1. The zero-order valence-electron chi connectivity index (χ0n) is 8.53. The molecule has 0 radical (unpaired) electrons. The molecule has 0 spiro atoms. The Morgan fingerprint density at radius 3 is 2.81 bits per heavy atom. The van der Waals surface area contributed by atoms with Gasteiger partial charge in [0, 0.05) is 16.0 Å². The van der Waals surface area contributed by atoms with Gasteiger partial charge in [-0.05, 0) is 45.9 Å². The van der Waals surface area contributed by atoms with Crippen LogP contribution in [0.5, 0.6) is 0 Å². The lowest BCUT2D eigenvalue weighted by molar-refractivity contribution is 0.102. The summed E-state index contributed by atoms with van der Waals surface area (Å²) in [5.74, 6) is 0.437. The highest BCUT2D eigenvalue weighted by atomic mass is 79.9. The Hall–Kier alpha value is -1.20. The smallest absolute Gasteiger partial charge is 0.257 e. The predicted octanol–water partition coefficient (Wildman–Crippen LogP) is 3.47. The molecule has 0 bridgehead atoms. The highest BCUT2D eigenvalue weighted by Crippen LogP contribution is 2.16. The quantitative estimate of drug-likeness (QED) is 0.922. The maximum Gasteiger partial charge on any atom is 0.257 e. The first-order valence-electron chi connectivity index (χ1n) is 4.62. The van der Waals surface area contributed by atoms with Gasteiger partial charge >= 0.3 is 0 Å². The van der Waals surface area contributed by atoms with Gasteiger partial charge in [-0.15, -0.1) is 0 Å². The summed E-state index contributed by atoms with van der Waals surface area (Å²) in [6.07, 6.45) is 1.65. The molecule has 0 unspecified atom stereocenters. The number of hydrogen-bond acceptors (Lipinski definition) is 3. The van der Waals surface area contributed by atoms with E-state index in [1.165, 1.54) is 11.3 Å². The topological polar surface area (TPSA) is 42.0 Å². The fraction of sp³-hybridized carbons (Fsp3) is 0.0909. The van der Waals surface area contributed by atoms with Crippen LogP contribution in [0.15, 0.2) is 33.6 Å². The minimum absolute atomic E-state index is 0.117. The average Bonchev–Trinajstić information content (AvgIpc) is 2.68. The number of aryl methyl sites for hydroxylation is 1. The molecule has 0 aliphatic rings. The second-order valence-corrected chi connectivity index (χ2v) is 4.94. The van der Waals surface area contributed by atoms with Crippen molar-refractivity contribution >= 4 is 39.0 Å². The Balaban J connectivity index is 2.14. The molecule has 16 heavy (non-hydrogen) atoms. The van der Waals surface area contributed by atoms with Gasteiger partial charge in [-0.25, -0.2) is 4.98 Å². The van der Waals surface area contributed by atoms with Crippen LogP contribution in [-0.4, -0.2) is 10.9 Å². The number of thiophene rings is 1. The highest BCUT2D eigenvalue weighted by Gasteiger charge is 2.10. The minimum atomic E-state index is -0.117. The second-order valence-electron chi connectivity index (χ2n) is 3.28. The largest absolute Gasteiger partial charge is 0.307 e. The number of pyridine rings is 1. The number of nitrogens with zero attached hydrogens (tertiary/aromatic N) is 1. The van der Waals surface area contributed by atoms with E-state index in [1.807, 2.05) is 23.8 Å². The first kappa shape index (κ1) is 11.3. The number of carbonyl (C=O) groups is 1. The first-order valence-corrected chi connectivity index (χ1v) is 6.36. The van der Waals surface area contributed by atoms with Crippen molar-refractivity contribution in [2.75, 3.05) is 5.32 Å². The Kier molecular flexibility index (Phi) is 3.36. The van der Waals surface area contributed by atoms with Gasteiger partial charge in [-0.2, -0.15) is 11.3 Å². The summed E-state index contributed by atoms with van der Waals surface area (Å²) in [4.78, 5) is 15.9. The van der Waals surface area contributed by atoms with Crippen molar-refractivity contribution in [3.05, 3.63) is 44.7 Å². The van der Waals surface area contributed by atoms with Crippen molar-refractivity contribution in [2.24, 2.45) is 0 Å². The van der Waals surface area contributed by atoms with Crippen molar-refractivity contribution in [2.45, 2.75) is 6.92 Å². The number of amides is 1. The Morgan fingerprint density at radius 2 is 2.25 bits per heavy atom. The van der Waals surface area contributed by atoms with Crippen LogP contribution in [-0.2, 0) is 0 Å². The van der Waals surface area contributed by atoms with E-state index in [9.17, 15) is 4.79 Å². The Labute approximate surface area is 106 Å². The van der Waals surface area contributed by atoms with Crippen molar-refractivity contribution in [3.8, 4) is 0 Å². The first-order chi connectivity index (χ1) is 7.66. The Morgan fingerprint density at radius 1 is 1.44 bits per heavy atom. The molecule has 1 N–H and O–H groups in total. The summed E-state index contributed by atoms with van der Waals surface area (Å²) >= 11 is 4.81. The number of aromatic nitrogens is 1. The maximum atomic E-state index is 11.8. The van der Waals surface area contributed by atoms with Crippen LogP contribution in [0.4, 0.5) is 5.82 Å². The molecular weight excluding hydrogens is 288 g/mol. The number of anilines is 1. The summed E-state index contributed by atoms with van der Waals surface area (Å²) in [5.41, 5.74) is 1.69. The van der Waals surface area contributed by atoms with Gasteiger partial charge in [-0.1, -0.05) is 0 Å². The molecule has 0 aliphatic carbocycles. The van der Waals surface area contributed by atoms with E-state index in [-0.39, 0.29) is 5.91 Å². The molecule has 82 valence electrons. The summed E-state index contributed by atoms with van der Waals surface area (Å²) < 4.78 is 0.886. The molecule has 0 atom stereocenters. The van der Waals surface area contributed by atoms with Gasteiger partial charge in [0.05, 0.1) is 5.56 Å². The lowest BCUT2D eigenvalue weighted by Gasteiger charge is -2.03. The molecule has 0 saturated carbocycles. The standard InChI is InChI=1S/C11H9BrN2OS/c1-7-5-16-6-9(7)11(15)14-10-3-2-8(12)4-13-10/h2-6H,1H3,(H,13,14,15). The highest BCUT2D eigenvalue weighted by molar-refractivity contribution is 9.10. The SMILES string of the molecule is Cc1cscc1C(=O)Nc1ccc(Br)cn1. The summed E-state index contributed by atoms with van der Waals surface area (Å²) in [6, 6.07) is 3.59. The van der Waals surface area contributed by atoms with E-state index in [2.05, 4.69) is 26.2 Å². The molecule has 5 heteroatoms. The molecule has 0 fully saturated rings. The van der Waals surface area contributed by atoms with Crippen LogP contribution in [0.1, 0.15) is 15.9 Å².